The van der Waals surface area contributed by atoms with Gasteiger partial charge in [-0.3, -0.25) is 14.6 Å². The molecule has 0 bridgehead atoms. The zero-order valence-electron chi connectivity index (χ0n) is 20.3. The number of carbonyl (C=O) groups excluding carboxylic acids is 2. The number of aliphatic hydroxyl groups is 2. The Morgan fingerprint density at radius 1 is 1.08 bits per heavy atom. The van der Waals surface area contributed by atoms with Crippen molar-refractivity contribution in [2.75, 3.05) is 18.4 Å². The molecule has 0 saturated carbocycles. The number of aryl methyl sites for hydroxylation is 2. The standard InChI is InChI=1S/C27H26N4O5S/c1-15-9-16(2)29-24(10-15)30-25(34)11-17-3-5-18(6-4-17)36-22-7-8-28-19-12-23(37-26(19)22)27(35)31-13-20(32)21(33)14-31/h3-10,12,20-21,32-33H,11,13-14H2,1-2H3,(H,29,30,34)/t20-,21+. The van der Waals surface area contributed by atoms with Crippen LogP contribution in [0.1, 0.15) is 26.5 Å². The normalized spacial score (nSPS) is 17.2. The number of carbonyl (C=O) groups is 2. The topological polar surface area (TPSA) is 125 Å². The van der Waals surface area contributed by atoms with Gasteiger partial charge < -0.3 is 25.2 Å². The summed E-state index contributed by atoms with van der Waals surface area (Å²) in [5.74, 6) is 1.26. The second-order valence-electron chi connectivity index (χ2n) is 9.12. The number of benzene rings is 1. The number of rotatable bonds is 6. The van der Waals surface area contributed by atoms with Crippen LogP contribution in [0.15, 0.2) is 54.7 Å². The van der Waals surface area contributed by atoms with E-state index in [1.807, 2.05) is 38.1 Å². The minimum atomic E-state index is -0.937. The van der Waals surface area contributed by atoms with E-state index >= 15 is 0 Å². The molecule has 1 aromatic carbocycles. The molecule has 1 saturated heterocycles. The van der Waals surface area contributed by atoms with Crippen molar-refractivity contribution < 1.29 is 24.5 Å². The predicted octanol–water partition coefficient (Wildman–Crippen LogP) is 3.46. The number of hydrogen-bond acceptors (Lipinski definition) is 8. The van der Waals surface area contributed by atoms with Crippen molar-refractivity contribution in [3.8, 4) is 11.5 Å². The second kappa shape index (κ2) is 10.3. The highest BCUT2D eigenvalue weighted by Crippen LogP contribution is 2.35. The third kappa shape index (κ3) is 5.61. The predicted molar refractivity (Wildman–Crippen MR) is 140 cm³/mol. The number of ether oxygens (including phenoxy) is 1. The molecule has 2 atom stereocenters. The number of hydrogen-bond donors (Lipinski definition) is 3. The van der Waals surface area contributed by atoms with Gasteiger partial charge in [0.25, 0.3) is 5.91 Å². The van der Waals surface area contributed by atoms with Crippen LogP contribution in [-0.2, 0) is 11.2 Å². The lowest BCUT2D eigenvalue weighted by atomic mass is 10.1. The second-order valence-corrected chi connectivity index (χ2v) is 10.2. The van der Waals surface area contributed by atoms with E-state index in [-0.39, 0.29) is 31.3 Å². The molecule has 2 amide bonds. The number of amides is 2. The van der Waals surface area contributed by atoms with Gasteiger partial charge in [0, 0.05) is 31.0 Å². The number of likely N-dealkylation sites (tertiary alicyclic amines) is 1. The summed E-state index contributed by atoms with van der Waals surface area (Å²) in [6.45, 7) is 4.03. The highest BCUT2D eigenvalue weighted by Gasteiger charge is 2.33. The summed E-state index contributed by atoms with van der Waals surface area (Å²) in [6.07, 6.45) is -0.0625. The molecule has 0 radical (unpaired) electrons. The molecule has 37 heavy (non-hydrogen) atoms. The molecule has 3 aromatic heterocycles. The SMILES string of the molecule is Cc1cc(C)nc(NC(=O)Cc2ccc(Oc3ccnc4cc(C(=O)N5C[C@@H](O)[C@@H](O)C5)sc34)cc2)c1. The lowest BCUT2D eigenvalue weighted by molar-refractivity contribution is -0.115. The molecule has 4 aromatic rings. The van der Waals surface area contributed by atoms with E-state index in [0.717, 1.165) is 21.5 Å². The van der Waals surface area contributed by atoms with Crippen molar-refractivity contribution in [2.45, 2.75) is 32.5 Å². The molecule has 0 unspecified atom stereocenters. The van der Waals surface area contributed by atoms with E-state index in [9.17, 15) is 19.8 Å². The molecular formula is C27H26N4O5S. The summed E-state index contributed by atoms with van der Waals surface area (Å²) >= 11 is 1.25. The van der Waals surface area contributed by atoms with E-state index in [1.165, 1.54) is 16.2 Å². The number of pyridine rings is 2. The average molecular weight is 519 g/mol. The van der Waals surface area contributed by atoms with E-state index in [1.54, 1.807) is 30.5 Å². The summed E-state index contributed by atoms with van der Waals surface area (Å²) in [7, 11) is 0. The summed E-state index contributed by atoms with van der Waals surface area (Å²) in [5, 5.41) is 22.4. The van der Waals surface area contributed by atoms with Gasteiger partial charge >= 0.3 is 0 Å². The molecule has 1 aliphatic rings. The van der Waals surface area contributed by atoms with Gasteiger partial charge in [0.15, 0.2) is 0 Å². The molecule has 3 N–H and O–H groups in total. The highest BCUT2D eigenvalue weighted by atomic mass is 32.1. The Balaban J connectivity index is 1.26. The maximum atomic E-state index is 12.9. The highest BCUT2D eigenvalue weighted by molar-refractivity contribution is 7.21. The lowest BCUT2D eigenvalue weighted by Gasteiger charge is -2.13. The van der Waals surface area contributed by atoms with Gasteiger partial charge in [0.2, 0.25) is 5.91 Å². The van der Waals surface area contributed by atoms with E-state index < -0.39 is 12.2 Å². The molecule has 5 rings (SSSR count). The molecular weight excluding hydrogens is 492 g/mol. The van der Waals surface area contributed by atoms with Crippen molar-refractivity contribution in [3.63, 3.8) is 0 Å². The molecule has 4 heterocycles. The van der Waals surface area contributed by atoms with Crippen molar-refractivity contribution in [2.24, 2.45) is 0 Å². The number of aliphatic hydroxyl groups excluding tert-OH is 2. The fourth-order valence-electron chi connectivity index (χ4n) is 4.27. The minimum Gasteiger partial charge on any atom is -0.456 e. The number of β-amino-alcohol motifs (C(OH)–C–C–N with tert-alkyl or cyclic N) is 2. The molecule has 0 spiro atoms. The van der Waals surface area contributed by atoms with Crippen LogP contribution in [0.4, 0.5) is 5.82 Å². The molecule has 10 heteroatoms. The van der Waals surface area contributed by atoms with Gasteiger partial charge in [-0.25, -0.2) is 4.98 Å². The number of anilines is 1. The van der Waals surface area contributed by atoms with Crippen LogP contribution in [0.3, 0.4) is 0 Å². The molecule has 1 aliphatic heterocycles. The molecule has 190 valence electrons. The fraction of sp³-hybridized carbons (Fsp3) is 0.259. The Morgan fingerprint density at radius 2 is 1.81 bits per heavy atom. The van der Waals surface area contributed by atoms with Crippen LogP contribution in [0.5, 0.6) is 11.5 Å². The van der Waals surface area contributed by atoms with Gasteiger partial charge in [-0.1, -0.05) is 12.1 Å². The van der Waals surface area contributed by atoms with Gasteiger partial charge in [0.1, 0.15) is 17.3 Å². The third-order valence-corrected chi connectivity index (χ3v) is 7.14. The number of nitrogens with zero attached hydrogens (tertiary/aromatic N) is 3. The van der Waals surface area contributed by atoms with Crippen molar-refractivity contribution in [3.05, 3.63) is 76.4 Å². The molecule has 1 fully saturated rings. The Bertz CT molecular complexity index is 1440. The van der Waals surface area contributed by atoms with Crippen LogP contribution in [0.2, 0.25) is 0 Å². The van der Waals surface area contributed by atoms with Crippen molar-refractivity contribution >= 4 is 39.2 Å². The first-order chi connectivity index (χ1) is 17.7. The Hall–Kier alpha value is -3.86. The van der Waals surface area contributed by atoms with Gasteiger partial charge in [-0.2, -0.15) is 0 Å². The summed E-state index contributed by atoms with van der Waals surface area (Å²) < 4.78 is 6.80. The summed E-state index contributed by atoms with van der Waals surface area (Å²) in [6, 6.07) is 14.4. The van der Waals surface area contributed by atoms with E-state index in [0.29, 0.717) is 27.7 Å². The minimum absolute atomic E-state index is 0.0938. The fourth-order valence-corrected chi connectivity index (χ4v) is 5.31. The smallest absolute Gasteiger partial charge is 0.264 e. The summed E-state index contributed by atoms with van der Waals surface area (Å²) in [5.41, 5.74) is 3.33. The quantitative estimate of drug-likeness (QED) is 0.357. The Kier molecular flexibility index (Phi) is 6.88. The van der Waals surface area contributed by atoms with Crippen molar-refractivity contribution in [1.82, 2.24) is 14.9 Å². The number of nitrogens with one attached hydrogen (secondary N) is 1. The van der Waals surface area contributed by atoms with Crippen LogP contribution in [0.25, 0.3) is 10.2 Å². The Labute approximate surface area is 217 Å². The Morgan fingerprint density at radius 3 is 2.51 bits per heavy atom. The zero-order valence-corrected chi connectivity index (χ0v) is 21.2. The largest absolute Gasteiger partial charge is 0.456 e. The maximum Gasteiger partial charge on any atom is 0.264 e. The number of fused-ring (bicyclic) bond motifs is 1. The summed E-state index contributed by atoms with van der Waals surface area (Å²) in [4.78, 5) is 35.9. The molecule has 0 aliphatic carbocycles. The van der Waals surface area contributed by atoms with Gasteiger partial charge in [-0.15, -0.1) is 11.3 Å². The van der Waals surface area contributed by atoms with Crippen molar-refractivity contribution in [1.29, 1.82) is 0 Å². The number of aromatic nitrogens is 2. The van der Waals surface area contributed by atoms with Crippen LogP contribution < -0.4 is 10.1 Å². The van der Waals surface area contributed by atoms with E-state index in [4.69, 9.17) is 4.74 Å². The lowest BCUT2D eigenvalue weighted by Crippen LogP contribution is -2.29. The van der Waals surface area contributed by atoms with Crippen LogP contribution in [-0.4, -0.2) is 62.2 Å². The van der Waals surface area contributed by atoms with Crippen LogP contribution >= 0.6 is 11.3 Å². The first-order valence-corrected chi connectivity index (χ1v) is 12.6. The number of thiophene rings is 1. The van der Waals surface area contributed by atoms with Gasteiger partial charge in [0.05, 0.1) is 33.7 Å². The van der Waals surface area contributed by atoms with Gasteiger partial charge in [-0.05, 0) is 55.3 Å². The average Bonchev–Trinajstić information content (AvgIpc) is 3.43. The maximum absolute atomic E-state index is 12.9. The zero-order chi connectivity index (χ0) is 26.1. The first kappa shape index (κ1) is 24.8. The van der Waals surface area contributed by atoms with E-state index in [2.05, 4.69) is 15.3 Å². The third-order valence-electron chi connectivity index (χ3n) is 6.01. The molecule has 9 nitrogen and oxygen atoms in total. The van der Waals surface area contributed by atoms with Crippen LogP contribution in [0, 0.1) is 13.8 Å². The monoisotopic (exact) mass is 518 g/mol. The first-order valence-electron chi connectivity index (χ1n) is 11.8.